The van der Waals surface area contributed by atoms with Gasteiger partial charge in [-0.3, -0.25) is 4.79 Å². The molecule has 0 radical (unpaired) electrons. The number of ether oxygens (including phenoxy) is 3. The third kappa shape index (κ3) is 13.7. The Bertz CT molecular complexity index is 313. The lowest BCUT2D eigenvalue weighted by molar-refractivity contribution is -0.124. The molecule has 0 fully saturated rings. The summed E-state index contributed by atoms with van der Waals surface area (Å²) in [7, 11) is 0. The normalized spacial score (nSPS) is 14.2. The van der Waals surface area contributed by atoms with Crippen LogP contribution >= 0.6 is 0 Å². The van der Waals surface area contributed by atoms with Crippen molar-refractivity contribution in [1.29, 1.82) is 0 Å². The van der Waals surface area contributed by atoms with Gasteiger partial charge in [0.1, 0.15) is 6.17 Å². The van der Waals surface area contributed by atoms with Crippen LogP contribution in [0.15, 0.2) is 0 Å². The number of rotatable bonds is 15. The van der Waals surface area contributed by atoms with Gasteiger partial charge in [-0.15, -0.1) is 0 Å². The summed E-state index contributed by atoms with van der Waals surface area (Å²) >= 11 is 0. The van der Waals surface area contributed by atoms with Crippen LogP contribution in [0, 0.1) is 11.8 Å². The number of nitrogens with one attached hydrogen (secondary N) is 1. The van der Waals surface area contributed by atoms with Gasteiger partial charge in [-0.05, 0) is 25.7 Å². The Labute approximate surface area is 146 Å². The molecule has 0 heterocycles. The Kier molecular flexibility index (Phi) is 14.2. The zero-order chi connectivity index (χ0) is 18.4. The summed E-state index contributed by atoms with van der Waals surface area (Å²) in [6.07, 6.45) is 0.448. The van der Waals surface area contributed by atoms with Gasteiger partial charge in [0, 0.05) is 12.5 Å². The zero-order valence-corrected chi connectivity index (χ0v) is 16.0. The van der Waals surface area contributed by atoms with E-state index in [-0.39, 0.29) is 18.4 Å². The van der Waals surface area contributed by atoms with E-state index in [1.807, 2.05) is 0 Å². The molecule has 0 aliphatic heterocycles. The highest BCUT2D eigenvalue weighted by molar-refractivity contribution is 5.77. The van der Waals surface area contributed by atoms with Crippen molar-refractivity contribution in [2.45, 2.75) is 59.7 Å². The molecule has 0 aliphatic carbocycles. The standard InChI is InChI=1S/C18H36FNO4/c1-14(2)7-6-8-22-9-10-23-11-12-24-16(5)17(19)13-20-18(21)15(3)4/h14-17H,6-13H2,1-5H3,(H,20,21). The molecule has 1 N–H and O–H groups in total. The van der Waals surface area contributed by atoms with Gasteiger partial charge >= 0.3 is 0 Å². The highest BCUT2D eigenvalue weighted by Gasteiger charge is 2.18. The summed E-state index contributed by atoms with van der Waals surface area (Å²) in [5, 5.41) is 2.56. The third-order valence-corrected chi connectivity index (χ3v) is 3.56. The second-order valence-electron chi connectivity index (χ2n) is 6.75. The number of halogens is 1. The van der Waals surface area contributed by atoms with Crippen LogP contribution in [-0.2, 0) is 19.0 Å². The summed E-state index contributed by atoms with van der Waals surface area (Å²) in [5.41, 5.74) is 0. The predicted molar refractivity (Wildman–Crippen MR) is 93.9 cm³/mol. The lowest BCUT2D eigenvalue weighted by atomic mass is 10.1. The molecular formula is C18H36FNO4. The Balaban J connectivity index is 3.45. The molecule has 0 spiro atoms. The number of carbonyl (C=O) groups excluding carboxylic acids is 1. The number of amides is 1. The molecule has 0 aromatic rings. The Morgan fingerprint density at radius 2 is 1.54 bits per heavy atom. The van der Waals surface area contributed by atoms with E-state index < -0.39 is 12.3 Å². The molecule has 144 valence electrons. The Morgan fingerprint density at radius 3 is 2.12 bits per heavy atom. The molecule has 0 aromatic heterocycles. The lowest BCUT2D eigenvalue weighted by Crippen LogP contribution is -2.38. The summed E-state index contributed by atoms with van der Waals surface area (Å²) in [5.74, 6) is 0.415. The van der Waals surface area contributed by atoms with E-state index in [4.69, 9.17) is 14.2 Å². The van der Waals surface area contributed by atoms with Gasteiger partial charge in [-0.2, -0.15) is 0 Å². The molecule has 6 heteroatoms. The van der Waals surface area contributed by atoms with Crippen molar-refractivity contribution < 1.29 is 23.4 Å². The average Bonchev–Trinajstić information content (AvgIpc) is 2.53. The maximum absolute atomic E-state index is 13.8. The summed E-state index contributed by atoms with van der Waals surface area (Å²) in [6, 6.07) is 0. The minimum atomic E-state index is -1.23. The quantitative estimate of drug-likeness (QED) is 0.462. The largest absolute Gasteiger partial charge is 0.379 e. The topological polar surface area (TPSA) is 56.8 Å². The van der Waals surface area contributed by atoms with Crippen molar-refractivity contribution in [2.75, 3.05) is 39.6 Å². The van der Waals surface area contributed by atoms with E-state index in [1.54, 1.807) is 20.8 Å². The van der Waals surface area contributed by atoms with Crippen LogP contribution in [0.5, 0.6) is 0 Å². The number of hydrogen-bond donors (Lipinski definition) is 1. The SMILES string of the molecule is CC(C)CCCOCCOCCOC(C)C(F)CNC(=O)C(C)C. The second-order valence-corrected chi connectivity index (χ2v) is 6.75. The fraction of sp³-hybridized carbons (Fsp3) is 0.944. The first-order valence-corrected chi connectivity index (χ1v) is 9.03. The van der Waals surface area contributed by atoms with Gasteiger partial charge in [0.25, 0.3) is 0 Å². The monoisotopic (exact) mass is 349 g/mol. The van der Waals surface area contributed by atoms with Crippen molar-refractivity contribution >= 4 is 5.91 Å². The lowest BCUT2D eigenvalue weighted by Gasteiger charge is -2.18. The molecule has 0 saturated heterocycles. The molecule has 2 atom stereocenters. The zero-order valence-electron chi connectivity index (χ0n) is 16.0. The van der Waals surface area contributed by atoms with Crippen molar-refractivity contribution in [3.05, 3.63) is 0 Å². The van der Waals surface area contributed by atoms with E-state index in [2.05, 4.69) is 19.2 Å². The molecule has 0 bridgehead atoms. The minimum absolute atomic E-state index is 0.0245. The van der Waals surface area contributed by atoms with Crippen LogP contribution in [0.25, 0.3) is 0 Å². The van der Waals surface area contributed by atoms with E-state index in [0.29, 0.717) is 32.3 Å². The van der Waals surface area contributed by atoms with Crippen LogP contribution in [0.4, 0.5) is 4.39 Å². The number of hydrogen-bond acceptors (Lipinski definition) is 4. The summed E-state index contributed by atoms with van der Waals surface area (Å²) in [4.78, 5) is 11.4. The van der Waals surface area contributed by atoms with Gasteiger partial charge in [-0.1, -0.05) is 27.7 Å². The average molecular weight is 349 g/mol. The molecule has 0 aliphatic rings. The minimum Gasteiger partial charge on any atom is -0.379 e. The highest BCUT2D eigenvalue weighted by atomic mass is 19.1. The smallest absolute Gasteiger partial charge is 0.222 e. The van der Waals surface area contributed by atoms with Gasteiger partial charge in [0.15, 0.2) is 0 Å². The van der Waals surface area contributed by atoms with Crippen molar-refractivity contribution in [1.82, 2.24) is 5.32 Å². The Hall–Kier alpha value is -0.720. The van der Waals surface area contributed by atoms with Gasteiger partial charge < -0.3 is 19.5 Å². The number of alkyl halides is 1. The molecule has 0 saturated carbocycles. The van der Waals surface area contributed by atoms with Crippen molar-refractivity contribution in [3.63, 3.8) is 0 Å². The maximum atomic E-state index is 13.8. The molecule has 0 rings (SSSR count). The highest BCUT2D eigenvalue weighted by Crippen LogP contribution is 2.04. The Morgan fingerprint density at radius 1 is 0.958 bits per heavy atom. The fourth-order valence-corrected chi connectivity index (χ4v) is 1.88. The van der Waals surface area contributed by atoms with E-state index in [1.165, 1.54) is 6.42 Å². The van der Waals surface area contributed by atoms with E-state index in [9.17, 15) is 9.18 Å². The van der Waals surface area contributed by atoms with Crippen molar-refractivity contribution in [2.24, 2.45) is 11.8 Å². The predicted octanol–water partition coefficient (Wildman–Crippen LogP) is 2.97. The van der Waals surface area contributed by atoms with Crippen LogP contribution in [0.2, 0.25) is 0 Å². The van der Waals surface area contributed by atoms with E-state index in [0.717, 1.165) is 13.0 Å². The first-order valence-electron chi connectivity index (χ1n) is 9.03. The van der Waals surface area contributed by atoms with Crippen LogP contribution in [0.1, 0.15) is 47.5 Å². The molecule has 0 aromatic carbocycles. The first-order chi connectivity index (χ1) is 11.3. The molecule has 1 amide bonds. The molecule has 2 unspecified atom stereocenters. The van der Waals surface area contributed by atoms with E-state index >= 15 is 0 Å². The van der Waals surface area contributed by atoms with Crippen LogP contribution < -0.4 is 5.32 Å². The summed E-state index contributed by atoms with van der Waals surface area (Å²) < 4.78 is 30.0. The van der Waals surface area contributed by atoms with Gasteiger partial charge in [0.2, 0.25) is 5.91 Å². The van der Waals surface area contributed by atoms with Crippen LogP contribution in [-0.4, -0.2) is 57.8 Å². The van der Waals surface area contributed by atoms with Crippen LogP contribution in [0.3, 0.4) is 0 Å². The van der Waals surface area contributed by atoms with Gasteiger partial charge in [0.05, 0.1) is 39.1 Å². The molecular weight excluding hydrogens is 313 g/mol. The maximum Gasteiger partial charge on any atom is 0.222 e. The van der Waals surface area contributed by atoms with Gasteiger partial charge in [-0.25, -0.2) is 4.39 Å². The fourth-order valence-electron chi connectivity index (χ4n) is 1.88. The van der Waals surface area contributed by atoms with Crippen molar-refractivity contribution in [3.8, 4) is 0 Å². The summed E-state index contributed by atoms with van der Waals surface area (Å²) in [6.45, 7) is 12.2. The third-order valence-electron chi connectivity index (χ3n) is 3.56. The second kappa shape index (κ2) is 14.6. The first kappa shape index (κ1) is 23.3. The molecule has 24 heavy (non-hydrogen) atoms. The number of carbonyl (C=O) groups is 1. The molecule has 5 nitrogen and oxygen atoms in total.